The fourth-order valence-electron chi connectivity index (χ4n) is 0.805. The summed E-state index contributed by atoms with van der Waals surface area (Å²) in [5.74, 6) is 0.949. The summed E-state index contributed by atoms with van der Waals surface area (Å²) in [7, 11) is 0. The summed E-state index contributed by atoms with van der Waals surface area (Å²) in [5.41, 5.74) is 0. The minimum Gasteiger partial charge on any atom is -0.396 e. The number of rotatable bonds is 4. The number of allylic oxidation sites excluding steroid dienone is 1. The first-order valence-electron chi connectivity index (χ1n) is 3.44. The van der Waals surface area contributed by atoms with Gasteiger partial charge in [-0.2, -0.15) is 0 Å². The predicted molar refractivity (Wildman–Crippen MR) is 40.2 cm³/mol. The quantitative estimate of drug-likeness (QED) is 0.573. The highest BCUT2D eigenvalue weighted by molar-refractivity contribution is 4.76. The predicted octanol–water partition coefficient (Wildman–Crippen LogP) is 1.83. The highest BCUT2D eigenvalue weighted by atomic mass is 16.3. The van der Waals surface area contributed by atoms with Crippen LogP contribution in [-0.4, -0.2) is 11.7 Å². The molecule has 0 aromatic carbocycles. The Bertz CT molecular complexity index is 78.6. The summed E-state index contributed by atoms with van der Waals surface area (Å²) < 4.78 is 0. The molecule has 0 saturated heterocycles. The number of aliphatic hydroxyl groups is 1. The molecule has 0 bridgehead atoms. The maximum atomic E-state index is 8.64. The molecule has 0 spiro atoms. The smallest absolute Gasteiger partial charge is 0.0456 e. The third-order valence-electron chi connectivity index (χ3n) is 1.49. The Labute approximate surface area is 57.4 Å². The second-order valence-electron chi connectivity index (χ2n) is 2.74. The highest BCUT2D eigenvalue weighted by Gasteiger charge is 2.02. The first kappa shape index (κ1) is 8.70. The summed E-state index contributed by atoms with van der Waals surface area (Å²) in [4.78, 5) is 0. The molecule has 0 aliphatic carbocycles. The van der Waals surface area contributed by atoms with Crippen molar-refractivity contribution in [1.82, 2.24) is 0 Å². The van der Waals surface area contributed by atoms with Crippen LogP contribution < -0.4 is 0 Å². The van der Waals surface area contributed by atoms with Gasteiger partial charge in [-0.3, -0.25) is 0 Å². The van der Waals surface area contributed by atoms with Crippen molar-refractivity contribution < 1.29 is 5.11 Å². The van der Waals surface area contributed by atoms with Gasteiger partial charge in [-0.1, -0.05) is 19.9 Å². The van der Waals surface area contributed by atoms with Crippen molar-refractivity contribution in [2.24, 2.45) is 11.8 Å². The lowest BCUT2D eigenvalue weighted by atomic mass is 9.98. The van der Waals surface area contributed by atoms with Gasteiger partial charge in [0.15, 0.2) is 0 Å². The summed E-state index contributed by atoms with van der Waals surface area (Å²) >= 11 is 0. The minimum absolute atomic E-state index is 0.290. The van der Waals surface area contributed by atoms with E-state index in [1.165, 1.54) is 0 Å². The monoisotopic (exact) mass is 128 g/mol. The Morgan fingerprint density at radius 3 is 2.44 bits per heavy atom. The number of hydrogen-bond acceptors (Lipinski definition) is 1. The maximum absolute atomic E-state index is 8.64. The highest BCUT2D eigenvalue weighted by Crippen LogP contribution is 2.10. The number of aliphatic hydroxyl groups excluding tert-OH is 1. The van der Waals surface area contributed by atoms with Crippen LogP contribution in [-0.2, 0) is 0 Å². The zero-order chi connectivity index (χ0) is 7.28. The molecule has 0 rings (SSSR count). The van der Waals surface area contributed by atoms with E-state index in [2.05, 4.69) is 13.5 Å². The van der Waals surface area contributed by atoms with Crippen LogP contribution in [0.25, 0.3) is 0 Å². The van der Waals surface area contributed by atoms with E-state index in [1.54, 1.807) is 0 Å². The third-order valence-corrected chi connectivity index (χ3v) is 1.49. The summed E-state index contributed by atoms with van der Waals surface area (Å²) in [5, 5.41) is 8.64. The maximum Gasteiger partial charge on any atom is 0.0456 e. The topological polar surface area (TPSA) is 20.2 Å². The van der Waals surface area contributed by atoms with Crippen molar-refractivity contribution in [3.05, 3.63) is 12.7 Å². The van der Waals surface area contributed by atoms with Crippen LogP contribution in [0.4, 0.5) is 0 Å². The van der Waals surface area contributed by atoms with Crippen molar-refractivity contribution in [3.8, 4) is 0 Å². The molecule has 0 aromatic heterocycles. The van der Waals surface area contributed by atoms with Gasteiger partial charge in [0.1, 0.15) is 0 Å². The van der Waals surface area contributed by atoms with Gasteiger partial charge in [0.25, 0.3) is 0 Å². The van der Waals surface area contributed by atoms with E-state index in [0.717, 1.165) is 6.42 Å². The molecule has 0 radical (unpaired) electrons. The van der Waals surface area contributed by atoms with Gasteiger partial charge >= 0.3 is 0 Å². The average molecular weight is 128 g/mol. The van der Waals surface area contributed by atoms with E-state index in [4.69, 9.17) is 5.11 Å². The zero-order valence-electron chi connectivity index (χ0n) is 6.30. The zero-order valence-corrected chi connectivity index (χ0v) is 6.30. The summed E-state index contributed by atoms with van der Waals surface area (Å²) in [6, 6.07) is 0. The molecule has 0 aliphatic rings. The molecule has 1 N–H and O–H groups in total. The van der Waals surface area contributed by atoms with Crippen molar-refractivity contribution in [3.63, 3.8) is 0 Å². The molecule has 2 atom stereocenters. The molecule has 54 valence electrons. The Kier molecular flexibility index (Phi) is 4.41. The SMILES string of the molecule is C=CC(C)C[C@@H](C)CO. The Morgan fingerprint density at radius 2 is 2.11 bits per heavy atom. The van der Waals surface area contributed by atoms with Gasteiger partial charge in [-0.25, -0.2) is 0 Å². The molecule has 0 aromatic rings. The molecule has 0 aliphatic heterocycles. The van der Waals surface area contributed by atoms with E-state index in [0.29, 0.717) is 11.8 Å². The average Bonchev–Trinajstić information content (AvgIpc) is 1.87. The lowest BCUT2D eigenvalue weighted by Crippen LogP contribution is -2.04. The standard InChI is InChI=1S/C8H16O/c1-4-7(2)5-8(3)6-9/h4,7-9H,1,5-6H2,2-3H3/t7?,8-/m1/s1. The van der Waals surface area contributed by atoms with Gasteiger partial charge in [0, 0.05) is 6.61 Å². The van der Waals surface area contributed by atoms with Crippen LogP contribution in [0.2, 0.25) is 0 Å². The normalized spacial score (nSPS) is 16.8. The van der Waals surface area contributed by atoms with Crippen molar-refractivity contribution >= 4 is 0 Å². The van der Waals surface area contributed by atoms with Gasteiger partial charge in [0.2, 0.25) is 0 Å². The van der Waals surface area contributed by atoms with Crippen LogP contribution >= 0.6 is 0 Å². The van der Waals surface area contributed by atoms with Gasteiger partial charge < -0.3 is 5.11 Å². The van der Waals surface area contributed by atoms with Crippen LogP contribution in [0.15, 0.2) is 12.7 Å². The van der Waals surface area contributed by atoms with Gasteiger partial charge in [-0.15, -0.1) is 6.58 Å². The first-order valence-corrected chi connectivity index (χ1v) is 3.44. The lowest BCUT2D eigenvalue weighted by molar-refractivity contribution is 0.222. The Balaban J connectivity index is 3.33. The van der Waals surface area contributed by atoms with E-state index in [1.807, 2.05) is 13.0 Å². The molecule has 0 amide bonds. The molecule has 1 heteroatoms. The Hall–Kier alpha value is -0.300. The number of hydrogen-bond donors (Lipinski definition) is 1. The molecule has 0 heterocycles. The first-order chi connectivity index (χ1) is 4.20. The van der Waals surface area contributed by atoms with Gasteiger partial charge in [-0.05, 0) is 18.3 Å². The van der Waals surface area contributed by atoms with E-state index in [-0.39, 0.29) is 6.61 Å². The van der Waals surface area contributed by atoms with Crippen LogP contribution in [0.1, 0.15) is 20.3 Å². The second kappa shape index (κ2) is 4.57. The molecular weight excluding hydrogens is 112 g/mol. The molecular formula is C8H16O. The van der Waals surface area contributed by atoms with E-state index >= 15 is 0 Å². The van der Waals surface area contributed by atoms with Crippen molar-refractivity contribution in [1.29, 1.82) is 0 Å². The van der Waals surface area contributed by atoms with E-state index in [9.17, 15) is 0 Å². The molecule has 1 nitrogen and oxygen atoms in total. The van der Waals surface area contributed by atoms with Crippen molar-refractivity contribution in [2.45, 2.75) is 20.3 Å². The Morgan fingerprint density at radius 1 is 1.56 bits per heavy atom. The molecule has 0 saturated carbocycles. The summed E-state index contributed by atoms with van der Waals surface area (Å²) in [6.07, 6.45) is 2.96. The fourth-order valence-corrected chi connectivity index (χ4v) is 0.805. The van der Waals surface area contributed by atoms with E-state index < -0.39 is 0 Å². The molecule has 1 unspecified atom stereocenters. The summed E-state index contributed by atoms with van der Waals surface area (Å²) in [6.45, 7) is 8.11. The molecule has 0 fully saturated rings. The molecule has 9 heavy (non-hydrogen) atoms. The van der Waals surface area contributed by atoms with Crippen molar-refractivity contribution in [2.75, 3.05) is 6.61 Å². The lowest BCUT2D eigenvalue weighted by Gasteiger charge is -2.09. The van der Waals surface area contributed by atoms with Crippen LogP contribution in [0.5, 0.6) is 0 Å². The second-order valence-corrected chi connectivity index (χ2v) is 2.74. The van der Waals surface area contributed by atoms with Crippen LogP contribution in [0.3, 0.4) is 0 Å². The largest absolute Gasteiger partial charge is 0.396 e. The minimum atomic E-state index is 0.290. The fraction of sp³-hybridized carbons (Fsp3) is 0.750. The van der Waals surface area contributed by atoms with Crippen LogP contribution in [0, 0.1) is 11.8 Å². The van der Waals surface area contributed by atoms with Gasteiger partial charge in [0.05, 0.1) is 0 Å². The third kappa shape index (κ3) is 4.22.